The van der Waals surface area contributed by atoms with E-state index in [1.807, 2.05) is 6.92 Å². The van der Waals surface area contributed by atoms with E-state index in [1.54, 1.807) is 6.92 Å². The third kappa shape index (κ3) is 5.04. The molecular formula is C13H27N3O. The molecule has 1 saturated heterocycles. The summed E-state index contributed by atoms with van der Waals surface area (Å²) >= 11 is 0. The monoisotopic (exact) mass is 241 g/mol. The molecule has 1 rings (SSSR count). The van der Waals surface area contributed by atoms with E-state index in [9.17, 15) is 4.79 Å². The molecule has 100 valence electrons. The van der Waals surface area contributed by atoms with Crippen LogP contribution in [-0.2, 0) is 4.79 Å². The number of hydrogen-bond donors (Lipinski definition) is 2. The minimum atomic E-state index is -0.717. The molecule has 0 radical (unpaired) electrons. The lowest BCUT2D eigenvalue weighted by molar-refractivity contribution is -0.125. The van der Waals surface area contributed by atoms with Gasteiger partial charge in [-0.1, -0.05) is 13.3 Å². The SMILES string of the molecule is CCC(C)(N)C(=O)NCCCN1CCCCC1. The fourth-order valence-electron chi connectivity index (χ4n) is 2.05. The van der Waals surface area contributed by atoms with Crippen molar-refractivity contribution in [1.82, 2.24) is 10.2 Å². The molecule has 4 heteroatoms. The molecule has 1 atom stereocenters. The maximum absolute atomic E-state index is 11.7. The smallest absolute Gasteiger partial charge is 0.239 e. The van der Waals surface area contributed by atoms with E-state index < -0.39 is 5.54 Å². The van der Waals surface area contributed by atoms with Gasteiger partial charge in [-0.15, -0.1) is 0 Å². The summed E-state index contributed by atoms with van der Waals surface area (Å²) in [6.45, 7) is 7.99. The van der Waals surface area contributed by atoms with Gasteiger partial charge in [-0.2, -0.15) is 0 Å². The second-order valence-electron chi connectivity index (χ2n) is 5.28. The van der Waals surface area contributed by atoms with Crippen LogP contribution in [0.1, 0.15) is 46.0 Å². The third-order valence-corrected chi connectivity index (χ3v) is 3.64. The molecule has 0 aromatic carbocycles. The quantitative estimate of drug-likeness (QED) is 0.685. The van der Waals surface area contributed by atoms with Gasteiger partial charge in [-0.3, -0.25) is 4.79 Å². The Balaban J connectivity index is 2.09. The highest BCUT2D eigenvalue weighted by atomic mass is 16.2. The summed E-state index contributed by atoms with van der Waals surface area (Å²) in [5.41, 5.74) is 5.14. The van der Waals surface area contributed by atoms with Gasteiger partial charge in [0.05, 0.1) is 5.54 Å². The average molecular weight is 241 g/mol. The van der Waals surface area contributed by atoms with Crippen molar-refractivity contribution >= 4 is 5.91 Å². The molecule has 0 saturated carbocycles. The zero-order valence-electron chi connectivity index (χ0n) is 11.3. The van der Waals surface area contributed by atoms with Crippen molar-refractivity contribution in [2.24, 2.45) is 5.73 Å². The lowest BCUT2D eigenvalue weighted by Crippen LogP contribution is -2.51. The third-order valence-electron chi connectivity index (χ3n) is 3.64. The Morgan fingerprint density at radius 2 is 2.00 bits per heavy atom. The maximum atomic E-state index is 11.7. The van der Waals surface area contributed by atoms with Gasteiger partial charge in [-0.05, 0) is 52.2 Å². The fourth-order valence-corrected chi connectivity index (χ4v) is 2.05. The molecule has 0 aliphatic carbocycles. The minimum absolute atomic E-state index is 0.0290. The van der Waals surface area contributed by atoms with Crippen LogP contribution in [0.3, 0.4) is 0 Å². The van der Waals surface area contributed by atoms with Crippen LogP contribution in [0, 0.1) is 0 Å². The predicted molar refractivity (Wildman–Crippen MR) is 70.8 cm³/mol. The predicted octanol–water partition coefficient (Wildman–Crippen LogP) is 1.11. The van der Waals surface area contributed by atoms with Crippen molar-refractivity contribution in [3.05, 3.63) is 0 Å². The molecule has 0 aromatic rings. The normalized spacial score (nSPS) is 20.9. The molecule has 1 amide bonds. The first-order chi connectivity index (χ1) is 8.06. The van der Waals surface area contributed by atoms with E-state index in [0.29, 0.717) is 6.42 Å². The van der Waals surface area contributed by atoms with E-state index in [1.165, 1.54) is 32.4 Å². The number of nitrogens with two attached hydrogens (primary N) is 1. The first kappa shape index (κ1) is 14.5. The molecule has 1 unspecified atom stereocenters. The molecule has 0 bridgehead atoms. The minimum Gasteiger partial charge on any atom is -0.354 e. The number of amides is 1. The number of rotatable bonds is 6. The molecular weight excluding hydrogens is 214 g/mol. The van der Waals surface area contributed by atoms with Gasteiger partial charge in [0.2, 0.25) is 5.91 Å². The van der Waals surface area contributed by atoms with Crippen LogP contribution < -0.4 is 11.1 Å². The molecule has 1 fully saturated rings. The summed E-state index contributed by atoms with van der Waals surface area (Å²) in [4.78, 5) is 14.2. The van der Waals surface area contributed by atoms with Crippen molar-refractivity contribution in [3.8, 4) is 0 Å². The highest BCUT2D eigenvalue weighted by molar-refractivity contribution is 5.85. The molecule has 17 heavy (non-hydrogen) atoms. The van der Waals surface area contributed by atoms with Crippen molar-refractivity contribution in [2.45, 2.75) is 51.5 Å². The lowest BCUT2D eigenvalue weighted by Gasteiger charge is -2.26. The largest absolute Gasteiger partial charge is 0.354 e. The summed E-state index contributed by atoms with van der Waals surface area (Å²) in [6, 6.07) is 0. The number of likely N-dealkylation sites (tertiary alicyclic amines) is 1. The van der Waals surface area contributed by atoms with E-state index in [-0.39, 0.29) is 5.91 Å². The molecule has 1 aliphatic rings. The van der Waals surface area contributed by atoms with E-state index in [0.717, 1.165) is 19.5 Å². The Labute approximate surface area is 105 Å². The topological polar surface area (TPSA) is 58.4 Å². The van der Waals surface area contributed by atoms with E-state index >= 15 is 0 Å². The van der Waals surface area contributed by atoms with Crippen molar-refractivity contribution in [1.29, 1.82) is 0 Å². The van der Waals surface area contributed by atoms with Gasteiger partial charge in [-0.25, -0.2) is 0 Å². The molecule has 1 heterocycles. The maximum Gasteiger partial charge on any atom is 0.239 e. The van der Waals surface area contributed by atoms with Crippen LogP contribution in [0.2, 0.25) is 0 Å². The summed E-state index contributed by atoms with van der Waals surface area (Å²) in [5.74, 6) is -0.0290. The number of piperidine rings is 1. The van der Waals surface area contributed by atoms with Crippen molar-refractivity contribution in [3.63, 3.8) is 0 Å². The second-order valence-corrected chi connectivity index (χ2v) is 5.28. The van der Waals surface area contributed by atoms with Gasteiger partial charge < -0.3 is 16.0 Å². The Kier molecular flexibility index (Phi) is 5.92. The first-order valence-corrected chi connectivity index (χ1v) is 6.86. The number of nitrogens with zero attached hydrogens (tertiary/aromatic N) is 1. The van der Waals surface area contributed by atoms with Crippen LogP contribution in [0.15, 0.2) is 0 Å². The van der Waals surface area contributed by atoms with E-state index in [2.05, 4.69) is 10.2 Å². The molecule has 0 spiro atoms. The summed E-state index contributed by atoms with van der Waals surface area (Å²) in [7, 11) is 0. The van der Waals surface area contributed by atoms with Crippen LogP contribution in [0.5, 0.6) is 0 Å². The Morgan fingerprint density at radius 3 is 2.59 bits per heavy atom. The average Bonchev–Trinajstić information content (AvgIpc) is 2.35. The van der Waals surface area contributed by atoms with E-state index in [4.69, 9.17) is 5.73 Å². The number of nitrogens with one attached hydrogen (secondary N) is 1. The summed E-state index contributed by atoms with van der Waals surface area (Å²) in [6.07, 6.45) is 5.71. The van der Waals surface area contributed by atoms with Crippen LogP contribution in [0.25, 0.3) is 0 Å². The fraction of sp³-hybridized carbons (Fsp3) is 0.923. The first-order valence-electron chi connectivity index (χ1n) is 6.86. The Hall–Kier alpha value is -0.610. The Bertz CT molecular complexity index is 235. The Morgan fingerprint density at radius 1 is 1.35 bits per heavy atom. The standard InChI is InChI=1S/C13H27N3O/c1-3-13(2,14)12(17)15-8-7-11-16-9-5-4-6-10-16/h3-11,14H2,1-2H3,(H,15,17). The highest BCUT2D eigenvalue weighted by Crippen LogP contribution is 2.08. The van der Waals surface area contributed by atoms with Gasteiger partial charge in [0.15, 0.2) is 0 Å². The van der Waals surface area contributed by atoms with Gasteiger partial charge in [0.1, 0.15) is 0 Å². The molecule has 0 aromatic heterocycles. The lowest BCUT2D eigenvalue weighted by atomic mass is 9.99. The molecule has 4 nitrogen and oxygen atoms in total. The molecule has 1 aliphatic heterocycles. The van der Waals surface area contributed by atoms with Crippen molar-refractivity contribution in [2.75, 3.05) is 26.2 Å². The van der Waals surface area contributed by atoms with Gasteiger partial charge in [0.25, 0.3) is 0 Å². The zero-order valence-corrected chi connectivity index (χ0v) is 11.3. The summed E-state index contributed by atoms with van der Waals surface area (Å²) in [5, 5.41) is 2.92. The van der Waals surface area contributed by atoms with Crippen LogP contribution in [0.4, 0.5) is 0 Å². The zero-order chi connectivity index (χ0) is 12.7. The molecule has 3 N–H and O–H groups in total. The number of hydrogen-bond acceptors (Lipinski definition) is 3. The van der Waals surface area contributed by atoms with Crippen LogP contribution >= 0.6 is 0 Å². The van der Waals surface area contributed by atoms with Crippen molar-refractivity contribution < 1.29 is 4.79 Å². The number of carbonyl (C=O) groups is 1. The highest BCUT2D eigenvalue weighted by Gasteiger charge is 2.25. The van der Waals surface area contributed by atoms with Crippen LogP contribution in [-0.4, -0.2) is 42.5 Å². The van der Waals surface area contributed by atoms with Gasteiger partial charge in [0, 0.05) is 6.54 Å². The second kappa shape index (κ2) is 6.97. The summed E-state index contributed by atoms with van der Waals surface area (Å²) < 4.78 is 0. The van der Waals surface area contributed by atoms with Gasteiger partial charge >= 0.3 is 0 Å². The number of carbonyl (C=O) groups excluding carboxylic acids is 1.